The molecule has 0 aliphatic rings. The Hall–Kier alpha value is -1.29. The molecular formula is C16H23ClN2O. The predicted octanol–water partition coefficient (Wildman–Crippen LogP) is 2.92. The number of hydrogen-bond donors (Lipinski definition) is 1. The van der Waals surface area contributed by atoms with Gasteiger partial charge in [-0.1, -0.05) is 30.3 Å². The van der Waals surface area contributed by atoms with Crippen molar-refractivity contribution < 1.29 is 4.74 Å². The maximum atomic E-state index is 5.52. The van der Waals surface area contributed by atoms with Crippen molar-refractivity contribution in [2.45, 2.75) is 6.54 Å². The zero-order chi connectivity index (χ0) is 13.7. The van der Waals surface area contributed by atoms with Crippen LogP contribution in [0.1, 0.15) is 5.56 Å². The third-order valence-corrected chi connectivity index (χ3v) is 3.39. The van der Waals surface area contributed by atoms with Crippen LogP contribution >= 0.6 is 12.4 Å². The molecule has 0 unspecified atom stereocenters. The molecule has 110 valence electrons. The van der Waals surface area contributed by atoms with E-state index in [2.05, 4.69) is 53.7 Å². The van der Waals surface area contributed by atoms with Crippen LogP contribution in [-0.4, -0.2) is 39.2 Å². The lowest BCUT2D eigenvalue weighted by Crippen LogP contribution is -2.27. The fourth-order valence-corrected chi connectivity index (χ4v) is 2.32. The molecule has 2 aromatic rings. The molecule has 2 rings (SSSR count). The fraction of sp³-hybridized carbons (Fsp3) is 0.375. The third-order valence-electron chi connectivity index (χ3n) is 3.39. The highest BCUT2D eigenvalue weighted by atomic mass is 35.5. The summed E-state index contributed by atoms with van der Waals surface area (Å²) in [4.78, 5) is 2.31. The third kappa shape index (κ3) is 3.85. The van der Waals surface area contributed by atoms with Gasteiger partial charge in [0.05, 0.1) is 7.11 Å². The van der Waals surface area contributed by atoms with Gasteiger partial charge in [-0.2, -0.15) is 0 Å². The second-order valence-corrected chi connectivity index (χ2v) is 4.81. The largest absolute Gasteiger partial charge is 0.496 e. The Morgan fingerprint density at radius 1 is 1.15 bits per heavy atom. The van der Waals surface area contributed by atoms with Gasteiger partial charge in [-0.15, -0.1) is 12.4 Å². The van der Waals surface area contributed by atoms with Crippen LogP contribution in [0.5, 0.6) is 5.75 Å². The molecule has 0 saturated heterocycles. The molecule has 20 heavy (non-hydrogen) atoms. The van der Waals surface area contributed by atoms with Crippen molar-refractivity contribution in [3.8, 4) is 5.75 Å². The smallest absolute Gasteiger partial charge is 0.123 e. The molecule has 0 atom stereocenters. The monoisotopic (exact) mass is 294 g/mol. The summed E-state index contributed by atoms with van der Waals surface area (Å²) in [6.07, 6.45) is 0. The van der Waals surface area contributed by atoms with E-state index in [1.807, 2.05) is 7.05 Å². The molecule has 0 aromatic heterocycles. The van der Waals surface area contributed by atoms with E-state index in [1.165, 1.54) is 16.3 Å². The minimum atomic E-state index is 0. The molecule has 2 aromatic carbocycles. The SMILES string of the molecule is CNCCN(C)Cc1c(OC)ccc2ccccc12.Cl. The van der Waals surface area contributed by atoms with E-state index >= 15 is 0 Å². The zero-order valence-electron chi connectivity index (χ0n) is 12.3. The summed E-state index contributed by atoms with van der Waals surface area (Å²) in [6.45, 7) is 2.90. The Labute approximate surface area is 127 Å². The van der Waals surface area contributed by atoms with Crippen molar-refractivity contribution in [2.75, 3.05) is 34.3 Å². The quantitative estimate of drug-likeness (QED) is 0.886. The summed E-state index contributed by atoms with van der Waals surface area (Å²) in [5.74, 6) is 0.968. The minimum absolute atomic E-state index is 0. The highest BCUT2D eigenvalue weighted by molar-refractivity contribution is 5.87. The fourth-order valence-electron chi connectivity index (χ4n) is 2.32. The first-order chi connectivity index (χ1) is 9.26. The number of hydrogen-bond acceptors (Lipinski definition) is 3. The molecule has 0 saturated carbocycles. The molecule has 0 radical (unpaired) electrons. The first-order valence-electron chi connectivity index (χ1n) is 6.64. The summed E-state index contributed by atoms with van der Waals surface area (Å²) in [6, 6.07) is 12.6. The van der Waals surface area contributed by atoms with Gasteiger partial charge < -0.3 is 15.0 Å². The van der Waals surface area contributed by atoms with Gasteiger partial charge in [0, 0.05) is 25.2 Å². The summed E-state index contributed by atoms with van der Waals surface area (Å²) in [5, 5.41) is 5.72. The predicted molar refractivity (Wildman–Crippen MR) is 88.0 cm³/mol. The molecule has 4 heteroatoms. The van der Waals surface area contributed by atoms with Crippen molar-refractivity contribution in [1.82, 2.24) is 10.2 Å². The van der Waals surface area contributed by atoms with E-state index in [1.54, 1.807) is 7.11 Å². The summed E-state index contributed by atoms with van der Waals surface area (Å²) < 4.78 is 5.52. The standard InChI is InChI=1S/C16H22N2O.ClH/c1-17-10-11-18(2)12-15-14-7-5-4-6-13(14)8-9-16(15)19-3;/h4-9,17H,10-12H2,1-3H3;1H. The molecule has 0 fully saturated rings. The number of ether oxygens (including phenoxy) is 1. The van der Waals surface area contributed by atoms with Gasteiger partial charge in [0.25, 0.3) is 0 Å². The van der Waals surface area contributed by atoms with Crippen LogP contribution in [0.2, 0.25) is 0 Å². The lowest BCUT2D eigenvalue weighted by molar-refractivity contribution is 0.320. The van der Waals surface area contributed by atoms with Crippen LogP contribution in [0, 0.1) is 0 Å². The average Bonchev–Trinajstić information content (AvgIpc) is 2.45. The second-order valence-electron chi connectivity index (χ2n) is 4.81. The van der Waals surface area contributed by atoms with Crippen molar-refractivity contribution in [1.29, 1.82) is 0 Å². The summed E-state index contributed by atoms with van der Waals surface area (Å²) in [5.41, 5.74) is 1.26. The first-order valence-corrected chi connectivity index (χ1v) is 6.64. The van der Waals surface area contributed by atoms with Gasteiger partial charge in [-0.3, -0.25) is 0 Å². The molecule has 0 aliphatic heterocycles. The Bertz CT molecular complexity index is 545. The minimum Gasteiger partial charge on any atom is -0.496 e. The van der Waals surface area contributed by atoms with Gasteiger partial charge in [0.2, 0.25) is 0 Å². The van der Waals surface area contributed by atoms with Crippen LogP contribution in [0.15, 0.2) is 36.4 Å². The second kappa shape index (κ2) is 8.10. The highest BCUT2D eigenvalue weighted by Gasteiger charge is 2.10. The van der Waals surface area contributed by atoms with Crippen LogP contribution in [0.25, 0.3) is 10.8 Å². The maximum absolute atomic E-state index is 5.52. The number of methoxy groups -OCH3 is 1. The number of rotatable bonds is 6. The van der Waals surface area contributed by atoms with E-state index in [-0.39, 0.29) is 12.4 Å². The average molecular weight is 295 g/mol. The highest BCUT2D eigenvalue weighted by Crippen LogP contribution is 2.28. The maximum Gasteiger partial charge on any atom is 0.123 e. The van der Waals surface area contributed by atoms with Crippen LogP contribution in [0.4, 0.5) is 0 Å². The van der Waals surface area contributed by atoms with Crippen LogP contribution in [0.3, 0.4) is 0 Å². The number of nitrogens with zero attached hydrogens (tertiary/aromatic N) is 1. The normalized spacial score (nSPS) is 10.6. The van der Waals surface area contributed by atoms with Gasteiger partial charge >= 0.3 is 0 Å². The lowest BCUT2D eigenvalue weighted by Gasteiger charge is -2.19. The molecule has 0 amide bonds. The van der Waals surface area contributed by atoms with E-state index in [0.29, 0.717) is 0 Å². The topological polar surface area (TPSA) is 24.5 Å². The van der Waals surface area contributed by atoms with Crippen molar-refractivity contribution in [3.05, 3.63) is 42.0 Å². The molecule has 0 heterocycles. The lowest BCUT2D eigenvalue weighted by atomic mass is 10.0. The number of halogens is 1. The van der Waals surface area contributed by atoms with Gasteiger partial charge in [-0.05, 0) is 30.9 Å². The number of likely N-dealkylation sites (N-methyl/N-ethyl adjacent to an activating group) is 2. The van der Waals surface area contributed by atoms with Crippen LogP contribution in [-0.2, 0) is 6.54 Å². The first kappa shape index (κ1) is 16.8. The van der Waals surface area contributed by atoms with E-state index < -0.39 is 0 Å². The molecule has 0 bridgehead atoms. The molecule has 0 spiro atoms. The molecule has 0 aliphatic carbocycles. The zero-order valence-corrected chi connectivity index (χ0v) is 13.2. The Kier molecular flexibility index (Phi) is 6.79. The van der Waals surface area contributed by atoms with Gasteiger partial charge in [-0.25, -0.2) is 0 Å². The molecule has 1 N–H and O–H groups in total. The Balaban J connectivity index is 0.00000200. The van der Waals surface area contributed by atoms with E-state index in [0.717, 1.165) is 25.4 Å². The van der Waals surface area contributed by atoms with Crippen molar-refractivity contribution in [2.24, 2.45) is 0 Å². The summed E-state index contributed by atoms with van der Waals surface area (Å²) in [7, 11) is 5.85. The van der Waals surface area contributed by atoms with Crippen LogP contribution < -0.4 is 10.1 Å². The Morgan fingerprint density at radius 3 is 2.60 bits per heavy atom. The number of benzene rings is 2. The van der Waals surface area contributed by atoms with E-state index in [9.17, 15) is 0 Å². The summed E-state index contributed by atoms with van der Waals surface area (Å²) >= 11 is 0. The van der Waals surface area contributed by atoms with Gasteiger partial charge in [0.1, 0.15) is 5.75 Å². The number of nitrogens with one attached hydrogen (secondary N) is 1. The van der Waals surface area contributed by atoms with Gasteiger partial charge in [0.15, 0.2) is 0 Å². The molecular weight excluding hydrogens is 272 g/mol. The molecule has 3 nitrogen and oxygen atoms in total. The van der Waals surface area contributed by atoms with Crippen molar-refractivity contribution in [3.63, 3.8) is 0 Å². The van der Waals surface area contributed by atoms with Crippen molar-refractivity contribution >= 4 is 23.2 Å². The van der Waals surface area contributed by atoms with E-state index in [4.69, 9.17) is 4.74 Å². The Morgan fingerprint density at radius 2 is 1.90 bits per heavy atom. The number of fused-ring (bicyclic) bond motifs is 1.